The number of nitrogens with zero attached hydrogens (tertiary/aromatic N) is 2. The zero-order valence-corrected chi connectivity index (χ0v) is 16.0. The first kappa shape index (κ1) is 17.3. The van der Waals surface area contributed by atoms with Crippen molar-refractivity contribution in [1.29, 1.82) is 0 Å². The first-order chi connectivity index (χ1) is 15.2. The van der Waals surface area contributed by atoms with E-state index in [0.717, 1.165) is 10.8 Å². The Labute approximate surface area is 173 Å². The van der Waals surface area contributed by atoms with Crippen molar-refractivity contribution >= 4 is 32.6 Å². The van der Waals surface area contributed by atoms with Crippen LogP contribution in [0.15, 0.2) is 91.2 Å². The van der Waals surface area contributed by atoms with E-state index >= 15 is 0 Å². The fourth-order valence-electron chi connectivity index (χ4n) is 3.77. The van der Waals surface area contributed by atoms with Gasteiger partial charge in [-0.25, -0.2) is 19.6 Å². The van der Waals surface area contributed by atoms with E-state index in [4.69, 9.17) is 8.83 Å². The van der Waals surface area contributed by atoms with Gasteiger partial charge in [0.25, 0.3) is 0 Å². The monoisotopic (exact) mass is 407 g/mol. The first-order valence-corrected chi connectivity index (χ1v) is 9.60. The molecule has 0 aliphatic rings. The lowest BCUT2D eigenvalue weighted by Crippen LogP contribution is -2.03. The first-order valence-electron chi connectivity index (χ1n) is 9.60. The highest BCUT2D eigenvalue weighted by Gasteiger charge is 2.20. The summed E-state index contributed by atoms with van der Waals surface area (Å²) in [5.74, 6) is 0.295. The number of aromatic nitrogens is 3. The van der Waals surface area contributed by atoms with Crippen LogP contribution in [0.25, 0.3) is 55.7 Å². The molecular formula is C24H13N3O4. The number of hydrogen-bond donors (Lipinski definition) is 1. The van der Waals surface area contributed by atoms with Crippen LogP contribution < -0.4 is 11.3 Å². The summed E-state index contributed by atoms with van der Waals surface area (Å²) in [6.07, 6.45) is 0. The fraction of sp³-hybridized carbons (Fsp3) is 0. The van der Waals surface area contributed by atoms with E-state index in [1.54, 1.807) is 36.4 Å². The van der Waals surface area contributed by atoms with Crippen molar-refractivity contribution in [3.63, 3.8) is 0 Å². The minimum absolute atomic E-state index is 0.147. The normalized spacial score (nSPS) is 11.5. The topological polar surface area (TPSA) is 102 Å². The number of hydrogen-bond acceptors (Lipinski definition) is 6. The lowest BCUT2D eigenvalue weighted by atomic mass is 10.1. The Balaban J connectivity index is 1.65. The molecule has 0 fully saturated rings. The molecule has 0 unspecified atom stereocenters. The third kappa shape index (κ3) is 2.67. The molecular weight excluding hydrogens is 394 g/mol. The molecule has 3 heterocycles. The molecule has 6 aromatic rings. The molecule has 3 aromatic heterocycles. The Morgan fingerprint density at radius 3 is 1.39 bits per heavy atom. The molecule has 0 radical (unpaired) electrons. The maximum atomic E-state index is 12.5. The van der Waals surface area contributed by atoms with Crippen molar-refractivity contribution in [2.75, 3.05) is 0 Å². The van der Waals surface area contributed by atoms with Gasteiger partial charge < -0.3 is 13.8 Å². The highest BCUT2D eigenvalue weighted by atomic mass is 16.4. The summed E-state index contributed by atoms with van der Waals surface area (Å²) in [6, 6.07) is 21.5. The average Bonchev–Trinajstić information content (AvgIpc) is 3.19. The van der Waals surface area contributed by atoms with Crippen LogP contribution in [-0.2, 0) is 0 Å². The summed E-state index contributed by atoms with van der Waals surface area (Å²) in [5.41, 5.74) is 1.12. The van der Waals surface area contributed by atoms with E-state index in [0.29, 0.717) is 33.2 Å². The predicted molar refractivity (Wildman–Crippen MR) is 117 cm³/mol. The second-order valence-corrected chi connectivity index (χ2v) is 7.07. The standard InChI is InChI=1S/C24H13N3O4/c28-23-15-9-3-5-11-17(15)25-21(30-23)19-13-7-1-2-8-14(13)20(27-19)22-26-18-12-6-4-10-16(18)24(29)31-22/h1-12,27H. The number of benzene rings is 3. The van der Waals surface area contributed by atoms with Gasteiger partial charge in [0.2, 0.25) is 11.8 Å². The molecule has 148 valence electrons. The molecule has 3 aromatic carbocycles. The SMILES string of the molecule is O=c1oc(-c2[nH]c(-c3nc4ccccc4c(=O)o3)c3ccccc23)nc2ccccc12. The number of rotatable bonds is 2. The maximum absolute atomic E-state index is 12.5. The molecule has 1 N–H and O–H groups in total. The van der Waals surface area contributed by atoms with E-state index in [2.05, 4.69) is 15.0 Å². The van der Waals surface area contributed by atoms with Gasteiger partial charge in [-0.1, -0.05) is 48.5 Å². The Kier molecular flexibility index (Phi) is 3.64. The van der Waals surface area contributed by atoms with E-state index < -0.39 is 11.3 Å². The average molecular weight is 407 g/mol. The number of H-pyrrole nitrogens is 1. The second-order valence-electron chi connectivity index (χ2n) is 7.07. The van der Waals surface area contributed by atoms with Crippen molar-refractivity contribution in [3.05, 3.63) is 93.6 Å². The highest BCUT2D eigenvalue weighted by Crippen LogP contribution is 2.34. The largest absolute Gasteiger partial charge is 0.401 e. The minimum Gasteiger partial charge on any atom is -0.401 e. The van der Waals surface area contributed by atoms with Gasteiger partial charge >= 0.3 is 11.3 Å². The third-order valence-electron chi connectivity index (χ3n) is 5.21. The molecule has 0 aliphatic carbocycles. The number of aromatic amines is 1. The zero-order valence-electron chi connectivity index (χ0n) is 16.0. The van der Waals surface area contributed by atoms with Gasteiger partial charge in [0, 0.05) is 10.8 Å². The molecule has 7 heteroatoms. The number of nitrogens with one attached hydrogen (secondary N) is 1. The summed E-state index contributed by atoms with van der Waals surface area (Å²) >= 11 is 0. The summed E-state index contributed by atoms with van der Waals surface area (Å²) in [6.45, 7) is 0. The summed E-state index contributed by atoms with van der Waals surface area (Å²) in [4.78, 5) is 37.2. The van der Waals surface area contributed by atoms with Crippen molar-refractivity contribution in [2.45, 2.75) is 0 Å². The van der Waals surface area contributed by atoms with Crippen LogP contribution in [0.1, 0.15) is 0 Å². The van der Waals surface area contributed by atoms with Gasteiger partial charge in [0.1, 0.15) is 11.4 Å². The lowest BCUT2D eigenvalue weighted by Gasteiger charge is -2.01. The third-order valence-corrected chi connectivity index (χ3v) is 5.21. The van der Waals surface area contributed by atoms with Gasteiger partial charge in [0.05, 0.1) is 21.8 Å². The van der Waals surface area contributed by atoms with Crippen LogP contribution in [0.4, 0.5) is 0 Å². The molecule has 0 spiro atoms. The van der Waals surface area contributed by atoms with Crippen LogP contribution in [0.2, 0.25) is 0 Å². The molecule has 0 atom stereocenters. The van der Waals surface area contributed by atoms with Gasteiger partial charge in [-0.2, -0.15) is 0 Å². The fourth-order valence-corrected chi connectivity index (χ4v) is 3.77. The minimum atomic E-state index is -0.476. The number of para-hydroxylation sites is 2. The second kappa shape index (κ2) is 6.50. The van der Waals surface area contributed by atoms with Gasteiger partial charge in [-0.05, 0) is 24.3 Å². The van der Waals surface area contributed by atoms with E-state index in [9.17, 15) is 9.59 Å². The van der Waals surface area contributed by atoms with Crippen LogP contribution in [0.5, 0.6) is 0 Å². The summed E-state index contributed by atoms with van der Waals surface area (Å²) < 4.78 is 11.0. The molecule has 6 rings (SSSR count). The van der Waals surface area contributed by atoms with Crippen LogP contribution in [0.3, 0.4) is 0 Å². The van der Waals surface area contributed by atoms with E-state index in [1.807, 2.05) is 36.4 Å². The Bertz CT molecular complexity index is 1620. The lowest BCUT2D eigenvalue weighted by molar-refractivity contribution is 0.514. The van der Waals surface area contributed by atoms with Crippen molar-refractivity contribution < 1.29 is 8.83 Å². The molecule has 0 bridgehead atoms. The van der Waals surface area contributed by atoms with E-state index in [-0.39, 0.29) is 11.8 Å². The van der Waals surface area contributed by atoms with Crippen LogP contribution in [0, 0.1) is 0 Å². The summed E-state index contributed by atoms with van der Waals surface area (Å²) in [7, 11) is 0. The molecule has 31 heavy (non-hydrogen) atoms. The quantitative estimate of drug-likeness (QED) is 0.453. The molecule has 0 saturated carbocycles. The smallest absolute Gasteiger partial charge is 0.347 e. The van der Waals surface area contributed by atoms with Crippen molar-refractivity contribution in [1.82, 2.24) is 15.0 Å². The van der Waals surface area contributed by atoms with Crippen LogP contribution in [-0.4, -0.2) is 15.0 Å². The Hall–Kier alpha value is -4.52. The maximum Gasteiger partial charge on any atom is 0.347 e. The Morgan fingerprint density at radius 1 is 0.548 bits per heavy atom. The molecule has 0 aliphatic heterocycles. The van der Waals surface area contributed by atoms with Crippen molar-refractivity contribution in [3.8, 4) is 23.2 Å². The van der Waals surface area contributed by atoms with Crippen molar-refractivity contribution in [2.24, 2.45) is 0 Å². The van der Waals surface area contributed by atoms with Gasteiger partial charge in [-0.15, -0.1) is 0 Å². The number of fused-ring (bicyclic) bond motifs is 3. The van der Waals surface area contributed by atoms with Crippen LogP contribution >= 0.6 is 0 Å². The molecule has 0 saturated heterocycles. The zero-order chi connectivity index (χ0) is 20.9. The molecule has 7 nitrogen and oxygen atoms in total. The summed E-state index contributed by atoms with van der Waals surface area (Å²) in [5, 5.41) is 2.34. The highest BCUT2D eigenvalue weighted by molar-refractivity contribution is 6.03. The molecule has 0 amide bonds. The van der Waals surface area contributed by atoms with Gasteiger partial charge in [0.15, 0.2) is 0 Å². The Morgan fingerprint density at radius 2 is 0.935 bits per heavy atom. The van der Waals surface area contributed by atoms with Gasteiger partial charge in [-0.3, -0.25) is 0 Å². The van der Waals surface area contributed by atoms with E-state index in [1.165, 1.54) is 0 Å². The predicted octanol–water partition coefficient (Wildman–Crippen LogP) is 4.50.